The van der Waals surface area contributed by atoms with Gasteiger partial charge < -0.3 is 5.32 Å². The molecule has 5 nitrogen and oxygen atoms in total. The van der Waals surface area contributed by atoms with Gasteiger partial charge in [-0.25, -0.2) is 18.1 Å². The van der Waals surface area contributed by atoms with Crippen LogP contribution in [0.25, 0.3) is 0 Å². The van der Waals surface area contributed by atoms with E-state index in [9.17, 15) is 8.42 Å². The van der Waals surface area contributed by atoms with E-state index in [1.54, 1.807) is 19.2 Å². The number of hydrogen-bond donors (Lipinski definition) is 2. The average molecular weight is 269 g/mol. The van der Waals surface area contributed by atoms with E-state index in [0.29, 0.717) is 11.6 Å². The molecule has 1 aromatic heterocycles. The number of anilines is 1. The van der Waals surface area contributed by atoms with Crippen molar-refractivity contribution >= 4 is 15.7 Å². The molecule has 0 radical (unpaired) electrons. The maximum atomic E-state index is 12.2. The molecule has 0 aliphatic heterocycles. The number of nitrogens with one attached hydrogen (secondary N) is 2. The van der Waals surface area contributed by atoms with Gasteiger partial charge in [-0.2, -0.15) is 0 Å². The highest BCUT2D eigenvalue weighted by Crippen LogP contribution is 2.35. The summed E-state index contributed by atoms with van der Waals surface area (Å²) in [6.07, 6.45) is 4.60. The van der Waals surface area contributed by atoms with Crippen molar-refractivity contribution in [2.45, 2.75) is 37.3 Å². The summed E-state index contributed by atoms with van der Waals surface area (Å²) >= 11 is 0. The third-order valence-electron chi connectivity index (χ3n) is 3.18. The molecule has 0 saturated heterocycles. The summed E-state index contributed by atoms with van der Waals surface area (Å²) in [6.45, 7) is 2.11. The quantitative estimate of drug-likeness (QED) is 0.822. The molecule has 2 unspecified atom stereocenters. The fourth-order valence-corrected chi connectivity index (χ4v) is 3.59. The number of rotatable bonds is 6. The normalized spacial score (nSPS) is 22.8. The predicted octanol–water partition coefficient (Wildman–Crippen LogP) is 1.59. The van der Waals surface area contributed by atoms with Crippen LogP contribution in [0.15, 0.2) is 23.4 Å². The molecule has 1 aliphatic carbocycles. The zero-order chi connectivity index (χ0) is 13.2. The van der Waals surface area contributed by atoms with Gasteiger partial charge in [0.1, 0.15) is 0 Å². The summed E-state index contributed by atoms with van der Waals surface area (Å²) in [5.41, 5.74) is 0.526. The Kier molecular flexibility index (Phi) is 3.87. The maximum absolute atomic E-state index is 12.2. The first kappa shape index (κ1) is 13.3. The molecule has 1 aliphatic rings. The third kappa shape index (κ3) is 2.81. The summed E-state index contributed by atoms with van der Waals surface area (Å²) in [4.78, 5) is 3.96. The average Bonchev–Trinajstić information content (AvgIpc) is 3.07. The van der Waals surface area contributed by atoms with Gasteiger partial charge in [-0.3, -0.25) is 0 Å². The summed E-state index contributed by atoms with van der Waals surface area (Å²) in [7, 11) is -1.83. The fourth-order valence-electron chi connectivity index (χ4n) is 2.13. The Balaban J connectivity index is 2.12. The maximum Gasteiger partial charge on any atom is 0.260 e. The molecular weight excluding hydrogens is 250 g/mol. The molecule has 1 fully saturated rings. The van der Waals surface area contributed by atoms with Gasteiger partial charge in [0.15, 0.2) is 5.03 Å². The van der Waals surface area contributed by atoms with Gasteiger partial charge in [0.2, 0.25) is 0 Å². The van der Waals surface area contributed by atoms with Gasteiger partial charge in [-0.05, 0) is 30.9 Å². The van der Waals surface area contributed by atoms with Crippen LogP contribution in [0.5, 0.6) is 0 Å². The molecule has 1 saturated carbocycles. The molecule has 2 atom stereocenters. The first-order chi connectivity index (χ1) is 8.58. The third-order valence-corrected chi connectivity index (χ3v) is 4.63. The van der Waals surface area contributed by atoms with E-state index in [2.05, 4.69) is 21.9 Å². The second-order valence-corrected chi connectivity index (χ2v) is 6.25. The fraction of sp³-hybridized carbons (Fsp3) is 0.583. The van der Waals surface area contributed by atoms with E-state index in [0.717, 1.165) is 19.3 Å². The van der Waals surface area contributed by atoms with Crippen molar-refractivity contribution in [2.24, 2.45) is 5.92 Å². The molecule has 6 heteroatoms. The molecule has 1 aromatic rings. The highest BCUT2D eigenvalue weighted by Gasteiger charge is 2.39. The Bertz CT molecular complexity index is 516. The number of aromatic nitrogens is 1. The monoisotopic (exact) mass is 269 g/mol. The highest BCUT2D eigenvalue weighted by molar-refractivity contribution is 7.89. The van der Waals surface area contributed by atoms with E-state index in [1.807, 2.05) is 0 Å². The Hall–Kier alpha value is -1.14. The van der Waals surface area contributed by atoms with Crippen molar-refractivity contribution in [1.29, 1.82) is 0 Å². The van der Waals surface area contributed by atoms with Crippen LogP contribution in [0, 0.1) is 5.92 Å². The van der Waals surface area contributed by atoms with Crippen molar-refractivity contribution in [3.8, 4) is 0 Å². The van der Waals surface area contributed by atoms with E-state index in [1.165, 1.54) is 6.20 Å². The van der Waals surface area contributed by atoms with E-state index >= 15 is 0 Å². The molecule has 18 heavy (non-hydrogen) atoms. The smallest absolute Gasteiger partial charge is 0.260 e. The molecule has 0 bridgehead atoms. The lowest BCUT2D eigenvalue weighted by Crippen LogP contribution is -2.28. The van der Waals surface area contributed by atoms with Gasteiger partial charge >= 0.3 is 0 Å². The first-order valence-electron chi connectivity index (χ1n) is 6.23. The van der Waals surface area contributed by atoms with Gasteiger partial charge in [0.05, 0.1) is 5.69 Å². The summed E-state index contributed by atoms with van der Waals surface area (Å²) in [5.74, 6) is 0.492. The van der Waals surface area contributed by atoms with Crippen molar-refractivity contribution in [3.63, 3.8) is 0 Å². The van der Waals surface area contributed by atoms with Crippen molar-refractivity contribution < 1.29 is 8.42 Å². The first-order valence-corrected chi connectivity index (χ1v) is 7.72. The number of nitrogens with zero attached hydrogens (tertiary/aromatic N) is 1. The zero-order valence-electron chi connectivity index (χ0n) is 10.7. The lowest BCUT2D eigenvalue weighted by molar-refractivity contribution is 0.570. The summed E-state index contributed by atoms with van der Waals surface area (Å²) < 4.78 is 27.1. The molecule has 100 valence electrons. The lowest BCUT2D eigenvalue weighted by Gasteiger charge is -2.09. The largest absolute Gasteiger partial charge is 0.386 e. The van der Waals surface area contributed by atoms with E-state index < -0.39 is 10.0 Å². The summed E-state index contributed by atoms with van der Waals surface area (Å²) in [6, 6.07) is 3.50. The minimum absolute atomic E-state index is 0.0784. The Labute approximate surface area is 108 Å². The van der Waals surface area contributed by atoms with Crippen LogP contribution in [0.1, 0.15) is 26.2 Å². The van der Waals surface area contributed by atoms with E-state index in [4.69, 9.17) is 0 Å². The molecule has 0 spiro atoms. The van der Waals surface area contributed by atoms with Gasteiger partial charge in [0.25, 0.3) is 10.0 Å². The van der Waals surface area contributed by atoms with Crippen LogP contribution in [0.3, 0.4) is 0 Å². The summed E-state index contributed by atoms with van der Waals surface area (Å²) in [5, 5.41) is 2.93. The minimum atomic E-state index is -3.51. The van der Waals surface area contributed by atoms with Gasteiger partial charge in [-0.15, -0.1) is 0 Å². The second kappa shape index (κ2) is 5.24. The highest BCUT2D eigenvalue weighted by atomic mass is 32.2. The number of pyridine rings is 1. The molecular formula is C12H19N3O2S. The standard InChI is InChI=1S/C12H19N3O2S/c1-3-5-9-8-11(9)15-18(16,17)12-10(13-2)6-4-7-14-12/h4,6-7,9,11,13,15H,3,5,8H2,1-2H3. The Morgan fingerprint density at radius 1 is 1.50 bits per heavy atom. The molecule has 2 N–H and O–H groups in total. The Morgan fingerprint density at radius 2 is 2.28 bits per heavy atom. The van der Waals surface area contributed by atoms with Gasteiger partial charge in [-0.1, -0.05) is 13.3 Å². The van der Waals surface area contributed by atoms with Crippen LogP contribution in [-0.4, -0.2) is 26.5 Å². The van der Waals surface area contributed by atoms with Crippen LogP contribution in [-0.2, 0) is 10.0 Å². The molecule has 0 aromatic carbocycles. The SMILES string of the molecule is CCCC1CC1NS(=O)(=O)c1ncccc1NC. The van der Waals surface area contributed by atoms with Crippen LogP contribution in [0.2, 0.25) is 0 Å². The Morgan fingerprint density at radius 3 is 2.94 bits per heavy atom. The molecule has 2 rings (SSSR count). The molecule has 1 heterocycles. The van der Waals surface area contributed by atoms with Crippen molar-refractivity contribution in [1.82, 2.24) is 9.71 Å². The zero-order valence-corrected chi connectivity index (χ0v) is 11.5. The van der Waals surface area contributed by atoms with Crippen molar-refractivity contribution in [2.75, 3.05) is 12.4 Å². The lowest BCUT2D eigenvalue weighted by atomic mass is 10.2. The number of sulfonamides is 1. The van der Waals surface area contributed by atoms with E-state index in [-0.39, 0.29) is 11.1 Å². The number of hydrogen-bond acceptors (Lipinski definition) is 4. The van der Waals surface area contributed by atoms with Crippen molar-refractivity contribution in [3.05, 3.63) is 18.3 Å². The van der Waals surface area contributed by atoms with Gasteiger partial charge in [0, 0.05) is 19.3 Å². The van der Waals surface area contributed by atoms with Crippen LogP contribution >= 0.6 is 0 Å². The minimum Gasteiger partial charge on any atom is -0.386 e. The second-order valence-electron chi connectivity index (χ2n) is 4.62. The van der Waals surface area contributed by atoms with Crippen LogP contribution in [0.4, 0.5) is 5.69 Å². The van der Waals surface area contributed by atoms with Crippen LogP contribution < -0.4 is 10.0 Å². The predicted molar refractivity (Wildman–Crippen MR) is 70.9 cm³/mol. The molecule has 0 amide bonds. The topological polar surface area (TPSA) is 71.1 Å².